The molecule has 0 aliphatic carbocycles. The molecule has 98 valence electrons. The average Bonchev–Trinajstić information content (AvgIpc) is 2.42. The number of hydrogen-bond donors (Lipinski definition) is 1. The number of aromatic nitrogens is 1. The molecule has 0 radical (unpaired) electrons. The number of hydrogen-bond acceptors (Lipinski definition) is 3. The van der Waals surface area contributed by atoms with Gasteiger partial charge in [-0.15, -0.1) is 0 Å². The van der Waals surface area contributed by atoms with E-state index in [1.807, 2.05) is 11.8 Å². The zero-order chi connectivity index (χ0) is 13.0. The van der Waals surface area contributed by atoms with Crippen LogP contribution >= 0.6 is 0 Å². The summed E-state index contributed by atoms with van der Waals surface area (Å²) >= 11 is 0. The first kappa shape index (κ1) is 12.8. The molecule has 0 aromatic carbocycles. The second-order valence-corrected chi connectivity index (χ2v) is 4.49. The number of nitrogens with zero attached hydrogens (tertiary/aromatic N) is 2. The van der Waals surface area contributed by atoms with Gasteiger partial charge in [-0.05, 0) is 12.5 Å². The van der Waals surface area contributed by atoms with Crippen molar-refractivity contribution in [3.63, 3.8) is 0 Å². The lowest BCUT2D eigenvalue weighted by Gasteiger charge is -2.27. The molecule has 0 spiro atoms. The van der Waals surface area contributed by atoms with E-state index in [0.29, 0.717) is 12.1 Å². The molecule has 0 saturated carbocycles. The van der Waals surface area contributed by atoms with Crippen LogP contribution in [0.2, 0.25) is 0 Å². The van der Waals surface area contributed by atoms with Crippen LogP contribution < -0.4 is 10.9 Å². The number of rotatable bonds is 3. The molecule has 1 amide bonds. The smallest absolute Gasteiger partial charge is 0.255 e. The van der Waals surface area contributed by atoms with Crippen molar-refractivity contribution in [2.45, 2.75) is 19.9 Å². The summed E-state index contributed by atoms with van der Waals surface area (Å²) in [5.74, 6) is 0.0151. The van der Waals surface area contributed by atoms with Crippen molar-refractivity contribution < 1.29 is 4.79 Å². The lowest BCUT2D eigenvalue weighted by molar-refractivity contribution is 0.0735. The summed E-state index contributed by atoms with van der Waals surface area (Å²) in [6.45, 7) is 5.79. The van der Waals surface area contributed by atoms with Crippen LogP contribution in [0.5, 0.6) is 0 Å². The molecule has 1 saturated heterocycles. The number of nitrogens with one attached hydrogen (secondary N) is 1. The molecule has 0 bridgehead atoms. The Morgan fingerprint density at radius 1 is 1.33 bits per heavy atom. The molecule has 1 aromatic heterocycles. The minimum absolute atomic E-state index is 0.0151. The van der Waals surface area contributed by atoms with E-state index in [0.717, 1.165) is 32.6 Å². The van der Waals surface area contributed by atoms with Gasteiger partial charge < -0.3 is 14.8 Å². The number of amides is 1. The van der Waals surface area contributed by atoms with E-state index in [2.05, 4.69) is 5.32 Å². The van der Waals surface area contributed by atoms with Crippen LogP contribution in [0.1, 0.15) is 23.7 Å². The fraction of sp³-hybridized carbons (Fsp3) is 0.538. The van der Waals surface area contributed by atoms with Crippen LogP contribution in [-0.4, -0.2) is 41.6 Å². The highest BCUT2D eigenvalue weighted by Crippen LogP contribution is 2.04. The molecule has 5 nitrogen and oxygen atoms in total. The first-order chi connectivity index (χ1) is 8.72. The Morgan fingerprint density at radius 3 is 2.72 bits per heavy atom. The molecule has 1 aliphatic heterocycles. The standard InChI is InChI=1S/C13H19N3O2/c1-2-7-16-10-11(3-4-12(16)17)13(18)15-8-5-14-6-9-15/h3-4,10,14H,2,5-9H2,1H3. The van der Waals surface area contributed by atoms with Crippen molar-refractivity contribution in [1.82, 2.24) is 14.8 Å². The van der Waals surface area contributed by atoms with Gasteiger partial charge in [0.05, 0.1) is 5.56 Å². The van der Waals surface area contributed by atoms with Crippen LogP contribution in [-0.2, 0) is 6.54 Å². The predicted molar refractivity (Wildman–Crippen MR) is 69.8 cm³/mol. The fourth-order valence-electron chi connectivity index (χ4n) is 2.12. The minimum Gasteiger partial charge on any atom is -0.336 e. The van der Waals surface area contributed by atoms with Crippen LogP contribution in [0.15, 0.2) is 23.1 Å². The number of piperazine rings is 1. The summed E-state index contributed by atoms with van der Waals surface area (Å²) < 4.78 is 1.61. The van der Waals surface area contributed by atoms with E-state index in [4.69, 9.17) is 0 Å². The summed E-state index contributed by atoms with van der Waals surface area (Å²) in [6, 6.07) is 3.10. The van der Waals surface area contributed by atoms with E-state index < -0.39 is 0 Å². The van der Waals surface area contributed by atoms with Gasteiger partial charge in [0, 0.05) is 45.0 Å². The molecule has 0 atom stereocenters. The summed E-state index contributed by atoms with van der Waals surface area (Å²) in [6.07, 6.45) is 2.56. The van der Waals surface area contributed by atoms with Gasteiger partial charge in [0.15, 0.2) is 0 Å². The van der Waals surface area contributed by atoms with Gasteiger partial charge in [-0.3, -0.25) is 9.59 Å². The average molecular weight is 249 g/mol. The van der Waals surface area contributed by atoms with Gasteiger partial charge in [-0.1, -0.05) is 6.92 Å². The molecule has 1 N–H and O–H groups in total. The van der Waals surface area contributed by atoms with Crippen LogP contribution in [0, 0.1) is 0 Å². The lowest BCUT2D eigenvalue weighted by atomic mass is 10.2. The zero-order valence-electron chi connectivity index (χ0n) is 10.7. The van der Waals surface area contributed by atoms with Crippen molar-refractivity contribution in [2.75, 3.05) is 26.2 Å². The van der Waals surface area contributed by atoms with Crippen LogP contribution in [0.25, 0.3) is 0 Å². The third kappa shape index (κ3) is 2.79. The Labute approximate surface area is 106 Å². The van der Waals surface area contributed by atoms with Gasteiger partial charge >= 0.3 is 0 Å². The first-order valence-electron chi connectivity index (χ1n) is 6.43. The molecular formula is C13H19N3O2. The van der Waals surface area contributed by atoms with Gasteiger partial charge in [0.25, 0.3) is 11.5 Å². The summed E-state index contributed by atoms with van der Waals surface area (Å²) in [4.78, 5) is 25.7. The fourth-order valence-corrected chi connectivity index (χ4v) is 2.12. The molecule has 2 rings (SSSR count). The summed E-state index contributed by atoms with van der Waals surface area (Å²) in [7, 11) is 0. The molecular weight excluding hydrogens is 230 g/mol. The lowest BCUT2D eigenvalue weighted by Crippen LogP contribution is -2.46. The SMILES string of the molecule is CCCn1cc(C(=O)N2CCNCC2)ccc1=O. The Hall–Kier alpha value is -1.62. The largest absolute Gasteiger partial charge is 0.336 e. The predicted octanol–water partition coefficient (Wildman–Crippen LogP) is 0.304. The Morgan fingerprint density at radius 2 is 2.06 bits per heavy atom. The van der Waals surface area contributed by atoms with E-state index >= 15 is 0 Å². The highest BCUT2D eigenvalue weighted by molar-refractivity contribution is 5.94. The molecule has 18 heavy (non-hydrogen) atoms. The van der Waals surface area contributed by atoms with Crippen molar-refractivity contribution in [3.05, 3.63) is 34.2 Å². The molecule has 1 fully saturated rings. The van der Waals surface area contributed by atoms with Crippen LogP contribution in [0.3, 0.4) is 0 Å². The zero-order valence-corrected chi connectivity index (χ0v) is 10.7. The van der Waals surface area contributed by atoms with Crippen molar-refractivity contribution >= 4 is 5.91 Å². The maximum Gasteiger partial charge on any atom is 0.255 e. The molecule has 1 aliphatic rings. The van der Waals surface area contributed by atoms with E-state index in [1.165, 1.54) is 6.07 Å². The molecule has 1 aromatic rings. The summed E-state index contributed by atoms with van der Waals surface area (Å²) in [5.41, 5.74) is 0.554. The Bertz CT molecular complexity index is 475. The maximum absolute atomic E-state index is 12.3. The number of aryl methyl sites for hydroxylation is 1. The molecule has 5 heteroatoms. The highest BCUT2D eigenvalue weighted by Gasteiger charge is 2.18. The summed E-state index contributed by atoms with van der Waals surface area (Å²) in [5, 5.41) is 3.21. The Balaban J connectivity index is 2.19. The topological polar surface area (TPSA) is 54.3 Å². The minimum atomic E-state index is -0.0475. The number of carbonyl (C=O) groups excluding carboxylic acids is 1. The normalized spacial score (nSPS) is 15.7. The second-order valence-electron chi connectivity index (χ2n) is 4.49. The van der Waals surface area contributed by atoms with Gasteiger partial charge in [0.1, 0.15) is 0 Å². The monoisotopic (exact) mass is 249 g/mol. The molecule has 2 heterocycles. The Kier molecular flexibility index (Phi) is 4.15. The molecule has 0 unspecified atom stereocenters. The number of carbonyl (C=O) groups is 1. The third-order valence-corrected chi connectivity index (χ3v) is 3.10. The third-order valence-electron chi connectivity index (χ3n) is 3.10. The van der Waals surface area contributed by atoms with Gasteiger partial charge in [-0.2, -0.15) is 0 Å². The first-order valence-corrected chi connectivity index (χ1v) is 6.43. The quantitative estimate of drug-likeness (QED) is 0.838. The van der Waals surface area contributed by atoms with Crippen molar-refractivity contribution in [3.8, 4) is 0 Å². The van der Waals surface area contributed by atoms with Crippen molar-refractivity contribution in [1.29, 1.82) is 0 Å². The number of pyridine rings is 1. The van der Waals surface area contributed by atoms with Gasteiger partial charge in [0.2, 0.25) is 0 Å². The van der Waals surface area contributed by atoms with Crippen LogP contribution in [0.4, 0.5) is 0 Å². The van der Waals surface area contributed by atoms with E-state index in [9.17, 15) is 9.59 Å². The highest BCUT2D eigenvalue weighted by atomic mass is 16.2. The van der Waals surface area contributed by atoms with Gasteiger partial charge in [-0.25, -0.2) is 0 Å². The van der Waals surface area contributed by atoms with Crippen molar-refractivity contribution in [2.24, 2.45) is 0 Å². The van der Waals surface area contributed by atoms with E-state index in [-0.39, 0.29) is 11.5 Å². The van der Waals surface area contributed by atoms with E-state index in [1.54, 1.807) is 16.8 Å². The second kappa shape index (κ2) is 5.82. The maximum atomic E-state index is 12.3.